The zero-order chi connectivity index (χ0) is 87.4. The smallest absolute Gasteiger partial charge is 0.338 e. The Bertz CT molecular complexity index is 5210. The molecule has 12 aromatic rings. The predicted octanol–water partition coefficient (Wildman–Crippen LogP) is 16.4. The maximum atomic E-state index is 15.1. The molecule has 2 heterocycles. The first-order valence-electron chi connectivity index (χ1n) is 40.9. The van der Waals surface area contributed by atoms with Gasteiger partial charge in [0, 0.05) is 0 Å². The molecular weight excluding hydrogens is 1610 g/mol. The van der Waals surface area contributed by atoms with E-state index in [9.17, 15) is 19.2 Å². The molecule has 0 radical (unpaired) electrons. The average Bonchev–Trinajstić information content (AvgIpc) is 0.776. The van der Waals surface area contributed by atoms with Gasteiger partial charge in [-0.3, -0.25) is 0 Å². The van der Waals surface area contributed by atoms with Crippen LogP contribution in [0.25, 0.3) is 0 Å². The zero-order valence-electron chi connectivity index (χ0n) is 68.7. The molecular formula is C102H90O24. The first-order chi connectivity index (χ1) is 61.7. The maximum absolute atomic E-state index is 15.1. The zero-order valence-corrected chi connectivity index (χ0v) is 68.7. The quantitative estimate of drug-likeness (QED) is 0.0258. The standard InChI is InChI=1S/C102H90O24/c1-111-83-59-69(53-55-81(83)113-61-67-33-13-3-14-34-67)57-79(63-117-101-91(125-99(109)77-49-29-11-30-50-77)89(123-97(107)75-45-25-9-26-46-75)87(121-95(105)73-41-21-7-22-42-73)85(119-101)65-115-93(103)71-37-17-5-18-38-71)80(58-70-54-56-82(84(60-70)112-2)114-62-68-35-15-4-16-36-68)64-118-102-92(126-100(110)78-51-31-12-32-52-78)90(124-98(108)76-47-27-10-28-48-76)88(122-96(106)74-43-23-8-24-44-74)86(120-102)66-116-94(104)72-39-19-6-20-40-72/h3-56,59-60,79-80,85-92,101-102H,57-58,61-66H2,1-2H3/t79-,80-,85+,86+,87+,88+,89-,90-,91+,92+,101+,102+/m0/s1. The Labute approximate surface area is 727 Å². The van der Waals surface area contributed by atoms with Gasteiger partial charge in [0.1, 0.15) is 38.6 Å². The molecule has 2 fully saturated rings. The lowest BCUT2D eigenvalue weighted by Crippen LogP contribution is -2.63. The second-order valence-corrected chi connectivity index (χ2v) is 29.5. The summed E-state index contributed by atoms with van der Waals surface area (Å²) in [5.41, 5.74) is 3.58. The van der Waals surface area contributed by atoms with Crippen molar-refractivity contribution < 1.29 is 114 Å². The van der Waals surface area contributed by atoms with Crippen LogP contribution in [-0.4, -0.2) is 150 Å². The number of esters is 8. The summed E-state index contributed by atoms with van der Waals surface area (Å²) in [6.45, 7) is -1.93. The lowest BCUT2D eigenvalue weighted by atomic mass is 9.83. The Morgan fingerprint density at radius 1 is 0.262 bits per heavy atom. The third kappa shape index (κ3) is 23.6. The second-order valence-electron chi connectivity index (χ2n) is 29.5. The van der Waals surface area contributed by atoms with E-state index in [2.05, 4.69) is 0 Å². The van der Waals surface area contributed by atoms with Gasteiger partial charge in [0.15, 0.2) is 72.2 Å². The van der Waals surface area contributed by atoms with E-state index in [1.165, 1.54) is 111 Å². The van der Waals surface area contributed by atoms with Crippen molar-refractivity contribution in [2.45, 2.75) is 87.5 Å². The van der Waals surface area contributed by atoms with E-state index in [1.807, 2.05) is 72.8 Å². The molecule has 12 atom stereocenters. The van der Waals surface area contributed by atoms with Gasteiger partial charge in [0.25, 0.3) is 0 Å². The highest BCUT2D eigenvalue weighted by molar-refractivity contribution is 5.94. The highest BCUT2D eigenvalue weighted by Crippen LogP contribution is 2.39. The summed E-state index contributed by atoms with van der Waals surface area (Å²) in [5, 5.41) is 0. The second kappa shape index (κ2) is 44.0. The number of rotatable bonds is 37. The van der Waals surface area contributed by atoms with E-state index in [1.54, 1.807) is 170 Å². The highest BCUT2D eigenvalue weighted by atomic mass is 16.8. The van der Waals surface area contributed by atoms with Gasteiger partial charge in [0.05, 0.1) is 71.9 Å². The Balaban J connectivity index is 0.921. The van der Waals surface area contributed by atoms with Crippen LogP contribution in [0.5, 0.6) is 23.0 Å². The molecule has 12 aromatic carbocycles. The van der Waals surface area contributed by atoms with Crippen LogP contribution >= 0.6 is 0 Å². The monoisotopic (exact) mass is 1700 g/mol. The van der Waals surface area contributed by atoms with Crippen LogP contribution in [0.3, 0.4) is 0 Å². The number of hydrogen-bond donors (Lipinski definition) is 0. The molecule has 642 valence electrons. The Morgan fingerprint density at radius 2 is 0.500 bits per heavy atom. The fourth-order valence-electron chi connectivity index (χ4n) is 14.5. The molecule has 126 heavy (non-hydrogen) atoms. The number of carbonyl (C=O) groups excluding carboxylic acids is 8. The van der Waals surface area contributed by atoms with Gasteiger partial charge in [0.2, 0.25) is 0 Å². The van der Waals surface area contributed by atoms with Crippen LogP contribution in [0.2, 0.25) is 0 Å². The van der Waals surface area contributed by atoms with Crippen molar-refractivity contribution in [2.75, 3.05) is 40.6 Å². The summed E-state index contributed by atoms with van der Waals surface area (Å²) in [6, 6.07) is 93.7. The molecule has 0 aromatic heterocycles. The van der Waals surface area contributed by atoms with Crippen molar-refractivity contribution in [3.8, 4) is 23.0 Å². The Hall–Kier alpha value is -14.6. The molecule has 2 aliphatic heterocycles. The summed E-state index contributed by atoms with van der Waals surface area (Å²) >= 11 is 0. The molecule has 24 heteroatoms. The summed E-state index contributed by atoms with van der Waals surface area (Å²) in [6.07, 6.45) is -17.8. The molecule has 2 saturated heterocycles. The maximum Gasteiger partial charge on any atom is 0.338 e. The third-order valence-corrected chi connectivity index (χ3v) is 21.0. The molecule has 2 aliphatic rings. The van der Waals surface area contributed by atoms with Crippen LogP contribution in [0.4, 0.5) is 0 Å². The minimum Gasteiger partial charge on any atom is -0.493 e. The molecule has 0 bridgehead atoms. The molecule has 0 aliphatic carbocycles. The van der Waals surface area contributed by atoms with Gasteiger partial charge < -0.3 is 75.8 Å². The lowest BCUT2D eigenvalue weighted by Gasteiger charge is -2.45. The van der Waals surface area contributed by atoms with Crippen LogP contribution in [-0.2, 0) is 82.9 Å². The predicted molar refractivity (Wildman–Crippen MR) is 458 cm³/mol. The van der Waals surface area contributed by atoms with Gasteiger partial charge in [-0.25, -0.2) is 38.4 Å². The van der Waals surface area contributed by atoms with Gasteiger partial charge in [-0.15, -0.1) is 0 Å². The minimum atomic E-state index is -1.87. The number of hydrogen-bond acceptors (Lipinski definition) is 24. The van der Waals surface area contributed by atoms with Crippen molar-refractivity contribution in [2.24, 2.45) is 11.8 Å². The van der Waals surface area contributed by atoms with Gasteiger partial charge in [-0.2, -0.15) is 0 Å². The summed E-state index contributed by atoms with van der Waals surface area (Å²) in [7, 11) is 3.00. The van der Waals surface area contributed by atoms with Crippen LogP contribution in [0.15, 0.2) is 340 Å². The molecule has 0 spiro atoms. The van der Waals surface area contributed by atoms with Crippen LogP contribution in [0.1, 0.15) is 105 Å². The van der Waals surface area contributed by atoms with Crippen LogP contribution < -0.4 is 18.9 Å². The summed E-state index contributed by atoms with van der Waals surface area (Å²) < 4.78 is 105. The number of benzene rings is 12. The van der Waals surface area contributed by atoms with E-state index >= 15 is 19.2 Å². The summed E-state index contributed by atoms with van der Waals surface area (Å²) in [4.78, 5) is 118. The average molecular weight is 1700 g/mol. The normalized spacial score (nSPS) is 18.7. The molecule has 0 N–H and O–H groups in total. The van der Waals surface area contributed by atoms with Crippen molar-refractivity contribution in [1.29, 1.82) is 0 Å². The fourth-order valence-corrected chi connectivity index (χ4v) is 14.5. The number of carbonyl (C=O) groups is 8. The van der Waals surface area contributed by atoms with E-state index in [0.29, 0.717) is 34.1 Å². The minimum absolute atomic E-state index is 0.0205. The molecule has 0 amide bonds. The van der Waals surface area contributed by atoms with Gasteiger partial charge in [-0.1, -0.05) is 218 Å². The van der Waals surface area contributed by atoms with Crippen molar-refractivity contribution >= 4 is 47.8 Å². The molecule has 14 rings (SSSR count). The van der Waals surface area contributed by atoms with Gasteiger partial charge in [-0.05, 0) is 168 Å². The van der Waals surface area contributed by atoms with E-state index < -0.39 is 147 Å². The Kier molecular flexibility index (Phi) is 30.6. The van der Waals surface area contributed by atoms with E-state index in [0.717, 1.165) is 11.1 Å². The van der Waals surface area contributed by atoms with Crippen molar-refractivity contribution in [1.82, 2.24) is 0 Å². The van der Waals surface area contributed by atoms with Crippen molar-refractivity contribution in [3.63, 3.8) is 0 Å². The molecule has 24 nitrogen and oxygen atoms in total. The molecule has 0 unspecified atom stereocenters. The largest absolute Gasteiger partial charge is 0.493 e. The first kappa shape index (κ1) is 87.8. The SMILES string of the molecule is COc1cc(C[C@@H](CO[C@@H]2O[C@H](COC(=O)c3ccccc3)[C@@H](OC(=O)c3ccccc3)[C@H](OC(=O)c3ccccc3)[C@H]2OC(=O)c2ccccc2)[C@H](CO[C@@H]2O[C@H](COC(=O)c3ccccc3)[C@@H](OC(=O)c3ccccc3)[C@H](OC(=O)c3ccccc3)[C@H]2OC(=O)c2ccccc2)Cc2ccc(OCc3ccccc3)c(OC)c2)ccc1OCc1ccccc1. The number of methoxy groups -OCH3 is 2. The number of ether oxygens (including phenoxy) is 16. The lowest BCUT2D eigenvalue weighted by molar-refractivity contribution is -0.306. The fraction of sp³-hybridized carbons (Fsp3) is 0.216. The first-order valence-corrected chi connectivity index (χ1v) is 40.9. The highest BCUT2D eigenvalue weighted by Gasteiger charge is 2.56. The van der Waals surface area contributed by atoms with Crippen molar-refractivity contribution in [3.05, 3.63) is 406 Å². The van der Waals surface area contributed by atoms with Crippen LogP contribution in [0, 0.1) is 11.8 Å². The van der Waals surface area contributed by atoms with E-state index in [4.69, 9.17) is 75.8 Å². The van der Waals surface area contributed by atoms with Gasteiger partial charge >= 0.3 is 47.8 Å². The topological polar surface area (TPSA) is 284 Å². The Morgan fingerprint density at radius 3 is 0.762 bits per heavy atom. The summed E-state index contributed by atoms with van der Waals surface area (Å²) in [5.74, 6) is -7.74. The third-order valence-electron chi connectivity index (χ3n) is 21.0. The molecule has 0 saturated carbocycles. The van der Waals surface area contributed by atoms with E-state index in [-0.39, 0.29) is 70.6 Å².